The van der Waals surface area contributed by atoms with Crippen molar-refractivity contribution in [3.8, 4) is 0 Å². The number of ketones is 1. The number of nitro benzene ring substituents is 1. The van der Waals surface area contributed by atoms with Gasteiger partial charge >= 0.3 is 0 Å². The van der Waals surface area contributed by atoms with Gasteiger partial charge in [0.15, 0.2) is 5.78 Å². The molecule has 0 unspecified atom stereocenters. The van der Waals surface area contributed by atoms with Gasteiger partial charge in [0, 0.05) is 35.6 Å². The first-order valence-corrected chi connectivity index (χ1v) is 11.1. The number of non-ortho nitro benzene ring substituents is 1. The van der Waals surface area contributed by atoms with E-state index in [1.165, 1.54) is 30.0 Å². The SMILES string of the molecule is O=C1CCCC2=C1[C@@H](c1ccc([N+](=O)[O-])cc1)n1nc(SCc3ccccc3F)nc1N2. The Morgan fingerprint density at radius 3 is 2.72 bits per heavy atom. The second kappa shape index (κ2) is 8.19. The minimum absolute atomic E-state index is 0.0215. The molecular formula is C22H18FN5O3S. The molecule has 2 heterocycles. The zero-order chi connectivity index (χ0) is 22.2. The number of thioether (sulfide) groups is 1. The number of nitrogens with one attached hydrogen (secondary N) is 1. The van der Waals surface area contributed by atoms with E-state index in [9.17, 15) is 19.3 Å². The minimum atomic E-state index is -0.523. The Balaban J connectivity index is 1.51. The van der Waals surface area contributed by atoms with Crippen molar-refractivity contribution in [2.75, 3.05) is 5.32 Å². The molecule has 0 amide bonds. The summed E-state index contributed by atoms with van der Waals surface area (Å²) in [7, 11) is 0. The fourth-order valence-corrected chi connectivity index (χ4v) is 4.86. The number of anilines is 1. The molecule has 1 aliphatic carbocycles. The number of fused-ring (bicyclic) bond motifs is 1. The molecule has 32 heavy (non-hydrogen) atoms. The van der Waals surface area contributed by atoms with Gasteiger partial charge in [0.1, 0.15) is 11.9 Å². The number of carbonyl (C=O) groups excluding carboxylic acids is 1. The minimum Gasteiger partial charge on any atom is -0.328 e. The first-order chi connectivity index (χ1) is 15.5. The van der Waals surface area contributed by atoms with Crippen molar-refractivity contribution in [1.29, 1.82) is 0 Å². The Hall–Kier alpha value is -3.53. The molecule has 0 bridgehead atoms. The van der Waals surface area contributed by atoms with Crippen LogP contribution in [-0.2, 0) is 10.5 Å². The van der Waals surface area contributed by atoms with Gasteiger partial charge in [0.05, 0.1) is 4.92 Å². The molecule has 162 valence electrons. The maximum absolute atomic E-state index is 14.0. The highest BCUT2D eigenvalue weighted by molar-refractivity contribution is 7.98. The lowest BCUT2D eigenvalue weighted by Crippen LogP contribution is -2.31. The number of nitro groups is 1. The van der Waals surface area contributed by atoms with Crippen LogP contribution in [0.4, 0.5) is 16.0 Å². The van der Waals surface area contributed by atoms with E-state index < -0.39 is 11.0 Å². The Bertz CT molecular complexity index is 1250. The number of carbonyl (C=O) groups is 1. The van der Waals surface area contributed by atoms with Crippen LogP contribution in [0.3, 0.4) is 0 Å². The third kappa shape index (κ3) is 3.66. The van der Waals surface area contributed by atoms with Crippen LogP contribution in [0.2, 0.25) is 0 Å². The number of halogens is 1. The second-order valence-corrected chi connectivity index (χ2v) is 8.53. The standard InChI is InChI=1S/C22H18FN5O3S/c23-16-5-2-1-4-14(16)12-32-22-25-21-24-17-6-3-7-18(29)19(17)20(27(21)26-22)13-8-10-15(11-9-13)28(30)31/h1-2,4-5,8-11,20H,3,6-7,12H2,(H,24,25,26)/t20-/m1/s1. The molecule has 0 saturated heterocycles. The lowest BCUT2D eigenvalue weighted by Gasteiger charge is -2.32. The van der Waals surface area contributed by atoms with Gasteiger partial charge in [-0.1, -0.05) is 30.0 Å². The topological polar surface area (TPSA) is 103 Å². The average Bonchev–Trinajstić information content (AvgIpc) is 3.20. The third-order valence-corrected chi connectivity index (χ3v) is 6.47. The zero-order valence-electron chi connectivity index (χ0n) is 16.8. The molecule has 0 fully saturated rings. The van der Waals surface area contributed by atoms with Crippen molar-refractivity contribution in [3.63, 3.8) is 0 Å². The molecule has 1 N–H and O–H groups in total. The van der Waals surface area contributed by atoms with Gasteiger partial charge in [-0.3, -0.25) is 14.9 Å². The smallest absolute Gasteiger partial charge is 0.269 e. The van der Waals surface area contributed by atoms with Crippen molar-refractivity contribution in [1.82, 2.24) is 14.8 Å². The summed E-state index contributed by atoms with van der Waals surface area (Å²) < 4.78 is 15.6. The van der Waals surface area contributed by atoms with Crippen molar-refractivity contribution < 1.29 is 14.1 Å². The molecule has 1 aromatic heterocycles. The molecule has 0 saturated carbocycles. The Morgan fingerprint density at radius 2 is 1.97 bits per heavy atom. The lowest BCUT2D eigenvalue weighted by molar-refractivity contribution is -0.384. The normalized spacial score (nSPS) is 17.5. The van der Waals surface area contributed by atoms with Crippen LogP contribution in [0.1, 0.15) is 36.4 Å². The van der Waals surface area contributed by atoms with Crippen molar-refractivity contribution in [2.45, 2.75) is 36.2 Å². The Morgan fingerprint density at radius 1 is 1.19 bits per heavy atom. The quantitative estimate of drug-likeness (QED) is 0.342. The summed E-state index contributed by atoms with van der Waals surface area (Å²) in [6.45, 7) is 0. The van der Waals surface area contributed by atoms with Crippen LogP contribution in [0.15, 0.2) is 65.0 Å². The van der Waals surface area contributed by atoms with Gasteiger partial charge in [-0.2, -0.15) is 4.98 Å². The average molecular weight is 451 g/mol. The number of nitrogens with zero attached hydrogens (tertiary/aromatic N) is 4. The molecule has 1 atom stereocenters. The van der Waals surface area contributed by atoms with Crippen LogP contribution in [0.25, 0.3) is 0 Å². The Kier molecular flexibility index (Phi) is 5.22. The van der Waals surface area contributed by atoms with E-state index in [1.807, 2.05) is 0 Å². The summed E-state index contributed by atoms with van der Waals surface area (Å²) >= 11 is 1.30. The summed E-state index contributed by atoms with van der Waals surface area (Å²) in [5, 5.41) is 19.4. The van der Waals surface area contributed by atoms with Crippen molar-refractivity contribution >= 4 is 29.2 Å². The van der Waals surface area contributed by atoms with E-state index in [1.54, 1.807) is 35.0 Å². The first-order valence-electron chi connectivity index (χ1n) is 10.1. The van der Waals surface area contributed by atoms with Gasteiger partial charge in [0.2, 0.25) is 11.1 Å². The van der Waals surface area contributed by atoms with Crippen LogP contribution in [-0.4, -0.2) is 25.5 Å². The second-order valence-electron chi connectivity index (χ2n) is 7.59. The molecular weight excluding hydrogens is 433 g/mol. The number of aromatic nitrogens is 3. The number of hydrogen-bond donors (Lipinski definition) is 1. The predicted octanol–water partition coefficient (Wildman–Crippen LogP) is 4.64. The van der Waals surface area contributed by atoms with Crippen LogP contribution in [0.5, 0.6) is 0 Å². The fraction of sp³-hybridized carbons (Fsp3) is 0.227. The number of rotatable bonds is 5. The van der Waals surface area contributed by atoms with E-state index in [2.05, 4.69) is 15.4 Å². The van der Waals surface area contributed by atoms with E-state index in [0.717, 1.165) is 24.1 Å². The maximum Gasteiger partial charge on any atom is 0.269 e. The lowest BCUT2D eigenvalue weighted by atomic mass is 9.85. The van der Waals surface area contributed by atoms with Gasteiger partial charge in [-0.25, -0.2) is 9.07 Å². The van der Waals surface area contributed by atoms with E-state index in [0.29, 0.717) is 34.4 Å². The van der Waals surface area contributed by atoms with Crippen LogP contribution < -0.4 is 5.32 Å². The monoisotopic (exact) mass is 451 g/mol. The summed E-state index contributed by atoms with van der Waals surface area (Å²) in [6, 6.07) is 12.2. The number of hydrogen-bond acceptors (Lipinski definition) is 7. The van der Waals surface area contributed by atoms with Gasteiger partial charge in [-0.05, 0) is 42.2 Å². The van der Waals surface area contributed by atoms with Gasteiger partial charge in [-0.15, -0.1) is 5.10 Å². The molecule has 0 spiro atoms. The molecule has 8 nitrogen and oxygen atoms in total. The third-order valence-electron chi connectivity index (χ3n) is 5.58. The highest BCUT2D eigenvalue weighted by atomic mass is 32.2. The molecule has 0 radical (unpaired) electrons. The highest BCUT2D eigenvalue weighted by Crippen LogP contribution is 2.41. The Labute approximate surface area is 186 Å². The van der Waals surface area contributed by atoms with Gasteiger partial charge in [0.25, 0.3) is 5.69 Å². The molecule has 10 heteroatoms. The summed E-state index contributed by atoms with van der Waals surface area (Å²) in [4.78, 5) is 28.0. The van der Waals surface area contributed by atoms with Crippen LogP contribution >= 0.6 is 11.8 Å². The number of allylic oxidation sites excluding steroid dienone is 2. The fourth-order valence-electron chi connectivity index (χ4n) is 4.04. The summed E-state index contributed by atoms with van der Waals surface area (Å²) in [6.07, 6.45) is 1.92. The highest BCUT2D eigenvalue weighted by Gasteiger charge is 2.37. The molecule has 5 rings (SSSR count). The predicted molar refractivity (Wildman–Crippen MR) is 117 cm³/mol. The number of benzene rings is 2. The summed E-state index contributed by atoms with van der Waals surface area (Å²) in [5.41, 5.74) is 2.68. The molecule has 2 aromatic carbocycles. The molecule has 1 aliphatic heterocycles. The van der Waals surface area contributed by atoms with E-state index in [4.69, 9.17) is 0 Å². The van der Waals surface area contributed by atoms with Crippen molar-refractivity contribution in [2.24, 2.45) is 0 Å². The first kappa shape index (κ1) is 20.4. The van der Waals surface area contributed by atoms with Crippen LogP contribution in [0, 0.1) is 15.9 Å². The van der Waals surface area contributed by atoms with E-state index >= 15 is 0 Å². The molecule has 3 aromatic rings. The summed E-state index contributed by atoms with van der Waals surface area (Å²) in [5.74, 6) is 0.611. The van der Waals surface area contributed by atoms with E-state index in [-0.39, 0.29) is 17.3 Å². The zero-order valence-corrected chi connectivity index (χ0v) is 17.6. The largest absolute Gasteiger partial charge is 0.328 e. The number of Topliss-reactive ketones (excluding diaryl/α,β-unsaturated/α-hetero) is 1. The maximum atomic E-state index is 14.0. The van der Waals surface area contributed by atoms with Crippen molar-refractivity contribution in [3.05, 3.63) is 86.9 Å². The van der Waals surface area contributed by atoms with Gasteiger partial charge < -0.3 is 5.32 Å². The molecule has 2 aliphatic rings.